The first-order valence-electron chi connectivity index (χ1n) is 8.57. The van der Waals surface area contributed by atoms with Gasteiger partial charge in [0.25, 0.3) is 0 Å². The normalized spacial score (nSPS) is 14.6. The molecule has 27 heavy (non-hydrogen) atoms. The molecule has 1 aromatic carbocycles. The van der Waals surface area contributed by atoms with Crippen LogP contribution in [-0.2, 0) is 0 Å². The third-order valence-corrected chi connectivity index (χ3v) is 6.71. The van der Waals surface area contributed by atoms with E-state index in [0.29, 0.717) is 26.2 Å². The van der Waals surface area contributed by atoms with Gasteiger partial charge in [-0.15, -0.1) is 11.3 Å². The summed E-state index contributed by atoms with van der Waals surface area (Å²) >= 11 is 3.45. The van der Waals surface area contributed by atoms with Gasteiger partial charge in [-0.3, -0.25) is 0 Å². The molecule has 1 amide bonds. The standard InChI is InChI=1S/C19H19N3O3S2/c1-25-13-3-2-4-14(11-13)26-17-12-15-16(27-17)5-6-20-18(15)21-7-9-22(10-8-21)19(23)24/h2-6,11-12H,7-10H2,1H3,(H,23,24). The first kappa shape index (κ1) is 17.9. The number of anilines is 1. The maximum Gasteiger partial charge on any atom is 0.407 e. The lowest BCUT2D eigenvalue weighted by molar-refractivity contribution is 0.142. The molecule has 3 heterocycles. The van der Waals surface area contributed by atoms with Crippen molar-refractivity contribution >= 4 is 45.1 Å². The molecular weight excluding hydrogens is 382 g/mol. The van der Waals surface area contributed by atoms with E-state index in [0.717, 1.165) is 21.8 Å². The number of amides is 1. The summed E-state index contributed by atoms with van der Waals surface area (Å²) in [6.45, 7) is 2.32. The SMILES string of the molecule is COc1cccc(Sc2cc3c(N4CCN(C(=O)O)CC4)nccc3s2)c1. The van der Waals surface area contributed by atoms with Gasteiger partial charge in [-0.05, 0) is 30.3 Å². The van der Waals surface area contributed by atoms with Gasteiger partial charge >= 0.3 is 6.09 Å². The van der Waals surface area contributed by atoms with E-state index in [9.17, 15) is 4.79 Å². The van der Waals surface area contributed by atoms with E-state index in [1.165, 1.54) is 13.8 Å². The number of benzene rings is 1. The molecule has 0 saturated carbocycles. The third-order valence-electron chi connectivity index (χ3n) is 4.51. The van der Waals surface area contributed by atoms with Crippen LogP contribution in [0.2, 0.25) is 0 Å². The zero-order valence-corrected chi connectivity index (χ0v) is 16.4. The van der Waals surface area contributed by atoms with Crippen molar-refractivity contribution in [2.45, 2.75) is 9.10 Å². The first-order chi connectivity index (χ1) is 13.1. The Hall–Kier alpha value is -2.45. The second-order valence-electron chi connectivity index (χ2n) is 6.15. The Labute approximate surface area is 165 Å². The molecule has 8 heteroatoms. The fraction of sp³-hybridized carbons (Fsp3) is 0.263. The van der Waals surface area contributed by atoms with Crippen molar-refractivity contribution in [1.29, 1.82) is 0 Å². The Morgan fingerprint density at radius 1 is 1.22 bits per heavy atom. The Morgan fingerprint density at radius 2 is 2.04 bits per heavy atom. The van der Waals surface area contributed by atoms with Crippen molar-refractivity contribution in [3.8, 4) is 5.75 Å². The molecule has 6 nitrogen and oxygen atoms in total. The molecule has 1 aliphatic heterocycles. The number of hydrogen-bond donors (Lipinski definition) is 1. The van der Waals surface area contributed by atoms with Crippen LogP contribution in [-0.4, -0.2) is 54.4 Å². The Balaban J connectivity index is 1.58. The van der Waals surface area contributed by atoms with Crippen molar-refractivity contribution in [2.75, 3.05) is 38.2 Å². The molecule has 0 spiro atoms. The number of nitrogens with zero attached hydrogens (tertiary/aromatic N) is 3. The summed E-state index contributed by atoms with van der Waals surface area (Å²) in [6, 6.07) is 12.2. The molecule has 4 rings (SSSR count). The summed E-state index contributed by atoms with van der Waals surface area (Å²) in [4.78, 5) is 20.5. The van der Waals surface area contributed by atoms with Gasteiger partial charge in [0.2, 0.25) is 0 Å². The number of ether oxygens (including phenoxy) is 1. The van der Waals surface area contributed by atoms with Crippen molar-refractivity contribution in [2.24, 2.45) is 0 Å². The topological polar surface area (TPSA) is 65.9 Å². The molecule has 0 radical (unpaired) electrons. The first-order valence-corrected chi connectivity index (χ1v) is 10.2. The number of rotatable bonds is 4. The molecule has 140 valence electrons. The fourth-order valence-corrected chi connectivity index (χ4v) is 5.36. The summed E-state index contributed by atoms with van der Waals surface area (Å²) < 4.78 is 7.68. The van der Waals surface area contributed by atoms with Crippen LogP contribution < -0.4 is 9.64 Å². The molecular formula is C19H19N3O3S2. The number of carbonyl (C=O) groups is 1. The number of fused-ring (bicyclic) bond motifs is 1. The smallest absolute Gasteiger partial charge is 0.407 e. The van der Waals surface area contributed by atoms with Gasteiger partial charge in [-0.2, -0.15) is 0 Å². The van der Waals surface area contributed by atoms with Gasteiger partial charge in [-0.1, -0.05) is 17.8 Å². The second kappa shape index (κ2) is 7.66. The Morgan fingerprint density at radius 3 is 2.78 bits per heavy atom. The van der Waals surface area contributed by atoms with Gasteiger partial charge in [0, 0.05) is 47.4 Å². The minimum Gasteiger partial charge on any atom is -0.497 e. The van der Waals surface area contributed by atoms with Crippen molar-refractivity contribution in [1.82, 2.24) is 9.88 Å². The van der Waals surface area contributed by atoms with Crippen LogP contribution in [0, 0.1) is 0 Å². The molecule has 0 bridgehead atoms. The van der Waals surface area contributed by atoms with E-state index in [-0.39, 0.29) is 0 Å². The molecule has 0 unspecified atom stereocenters. The minimum absolute atomic E-state index is 0.503. The molecule has 0 atom stereocenters. The molecule has 0 aliphatic carbocycles. The maximum atomic E-state index is 11.1. The van der Waals surface area contributed by atoms with E-state index in [1.54, 1.807) is 30.2 Å². The van der Waals surface area contributed by atoms with Crippen LogP contribution >= 0.6 is 23.1 Å². The number of methoxy groups -OCH3 is 1. The summed E-state index contributed by atoms with van der Waals surface area (Å²) in [5.41, 5.74) is 0. The molecule has 2 aromatic heterocycles. The molecule has 1 aliphatic rings. The van der Waals surface area contributed by atoms with Crippen LogP contribution in [0.5, 0.6) is 5.75 Å². The number of piperazine rings is 1. The van der Waals surface area contributed by atoms with E-state index < -0.39 is 6.09 Å². The number of carboxylic acid groups (broad SMARTS) is 1. The summed E-state index contributed by atoms with van der Waals surface area (Å²) in [5.74, 6) is 1.78. The van der Waals surface area contributed by atoms with Crippen molar-refractivity contribution < 1.29 is 14.6 Å². The zero-order valence-electron chi connectivity index (χ0n) is 14.8. The summed E-state index contributed by atoms with van der Waals surface area (Å²) in [7, 11) is 1.67. The summed E-state index contributed by atoms with van der Waals surface area (Å²) in [6.07, 6.45) is 0.978. The second-order valence-corrected chi connectivity index (χ2v) is 8.61. The highest BCUT2D eigenvalue weighted by atomic mass is 32.2. The molecule has 1 N–H and O–H groups in total. The van der Waals surface area contributed by atoms with Crippen LogP contribution in [0.4, 0.5) is 10.6 Å². The number of thiophene rings is 1. The van der Waals surface area contributed by atoms with E-state index in [4.69, 9.17) is 9.84 Å². The predicted octanol–water partition coefficient (Wildman–Crippen LogP) is 4.26. The average Bonchev–Trinajstić information content (AvgIpc) is 3.10. The van der Waals surface area contributed by atoms with E-state index >= 15 is 0 Å². The van der Waals surface area contributed by atoms with E-state index in [2.05, 4.69) is 22.0 Å². The number of aromatic nitrogens is 1. The molecule has 1 saturated heterocycles. The minimum atomic E-state index is -0.853. The zero-order chi connectivity index (χ0) is 18.8. The fourth-order valence-electron chi connectivity index (χ4n) is 3.12. The number of hydrogen-bond acceptors (Lipinski definition) is 6. The lowest BCUT2D eigenvalue weighted by atomic mass is 10.2. The highest BCUT2D eigenvalue weighted by molar-refractivity contribution is 8.01. The highest BCUT2D eigenvalue weighted by Crippen LogP contribution is 2.40. The maximum absolute atomic E-state index is 11.1. The van der Waals surface area contributed by atoms with Gasteiger partial charge in [-0.25, -0.2) is 9.78 Å². The predicted molar refractivity (Wildman–Crippen MR) is 109 cm³/mol. The Kier molecular flexibility index (Phi) is 5.09. The largest absolute Gasteiger partial charge is 0.497 e. The van der Waals surface area contributed by atoms with Crippen molar-refractivity contribution in [3.05, 3.63) is 42.6 Å². The van der Waals surface area contributed by atoms with Gasteiger partial charge < -0.3 is 19.6 Å². The molecule has 3 aromatic rings. The van der Waals surface area contributed by atoms with Crippen LogP contribution in [0.3, 0.4) is 0 Å². The quantitative estimate of drug-likeness (QED) is 0.705. The lowest BCUT2D eigenvalue weighted by Gasteiger charge is -2.34. The lowest BCUT2D eigenvalue weighted by Crippen LogP contribution is -2.48. The van der Waals surface area contributed by atoms with Gasteiger partial charge in [0.1, 0.15) is 11.6 Å². The Bertz CT molecular complexity index is 968. The molecule has 1 fully saturated rings. The third kappa shape index (κ3) is 3.81. The van der Waals surface area contributed by atoms with E-state index in [1.807, 2.05) is 30.5 Å². The summed E-state index contributed by atoms with van der Waals surface area (Å²) in [5, 5.41) is 10.3. The average molecular weight is 402 g/mol. The highest BCUT2D eigenvalue weighted by Gasteiger charge is 2.23. The van der Waals surface area contributed by atoms with Crippen molar-refractivity contribution in [3.63, 3.8) is 0 Å². The number of pyridine rings is 1. The van der Waals surface area contributed by atoms with Gasteiger partial charge in [0.15, 0.2) is 0 Å². The van der Waals surface area contributed by atoms with Crippen LogP contribution in [0.15, 0.2) is 51.7 Å². The van der Waals surface area contributed by atoms with Crippen LogP contribution in [0.1, 0.15) is 0 Å². The monoisotopic (exact) mass is 401 g/mol. The van der Waals surface area contributed by atoms with Crippen LogP contribution in [0.25, 0.3) is 10.1 Å². The van der Waals surface area contributed by atoms with Gasteiger partial charge in [0.05, 0.1) is 11.3 Å².